The maximum absolute atomic E-state index is 9.61. The molecule has 27 heavy (non-hydrogen) atoms. The number of aromatic nitrogens is 3. The van der Waals surface area contributed by atoms with Crippen molar-refractivity contribution >= 4 is 34.1 Å². The lowest BCUT2D eigenvalue weighted by atomic mass is 10.0. The zero-order chi connectivity index (χ0) is 18.4. The van der Waals surface area contributed by atoms with Gasteiger partial charge in [0, 0.05) is 59.3 Å². The Kier molecular flexibility index (Phi) is 4.17. The van der Waals surface area contributed by atoms with Crippen molar-refractivity contribution in [1.82, 2.24) is 15.0 Å². The summed E-state index contributed by atoms with van der Waals surface area (Å²) < 4.78 is 0. The van der Waals surface area contributed by atoms with Crippen molar-refractivity contribution in [3.63, 3.8) is 0 Å². The number of H-pyrrole nitrogens is 1. The van der Waals surface area contributed by atoms with E-state index in [1.54, 1.807) is 6.33 Å². The van der Waals surface area contributed by atoms with Gasteiger partial charge in [0.15, 0.2) is 0 Å². The minimum Gasteiger partial charge on any atom is -0.394 e. The molecule has 1 fully saturated rings. The number of nitrogens with one attached hydrogen (secondary N) is 1. The third-order valence-corrected chi connectivity index (χ3v) is 6.02. The predicted molar refractivity (Wildman–Crippen MR) is 108 cm³/mol. The highest BCUT2D eigenvalue weighted by Crippen LogP contribution is 2.32. The highest BCUT2D eigenvalue weighted by atomic mass is 35.5. The molecule has 1 unspecified atom stereocenters. The van der Waals surface area contributed by atoms with Gasteiger partial charge in [0.1, 0.15) is 18.0 Å². The highest BCUT2D eigenvalue weighted by molar-refractivity contribution is 6.31. The molecular weight excluding hydrogens is 362 g/mol. The minimum absolute atomic E-state index is 0.163. The number of hydrogen-bond acceptors (Lipinski definition) is 5. The van der Waals surface area contributed by atoms with Gasteiger partial charge in [-0.05, 0) is 31.0 Å². The lowest BCUT2D eigenvalue weighted by Gasteiger charge is -2.30. The van der Waals surface area contributed by atoms with Gasteiger partial charge in [0.25, 0.3) is 0 Å². The Morgan fingerprint density at radius 3 is 2.96 bits per heavy atom. The normalized spacial score (nSPS) is 19.7. The van der Waals surface area contributed by atoms with Gasteiger partial charge in [0.2, 0.25) is 0 Å². The summed E-state index contributed by atoms with van der Waals surface area (Å²) in [5.74, 6) is 1.84. The van der Waals surface area contributed by atoms with Crippen molar-refractivity contribution in [1.29, 1.82) is 0 Å². The number of aliphatic hydroxyl groups excluding tert-OH is 1. The second kappa shape index (κ2) is 6.69. The van der Waals surface area contributed by atoms with Crippen LogP contribution in [-0.2, 0) is 13.0 Å². The lowest BCUT2D eigenvalue weighted by molar-refractivity contribution is 0.266. The van der Waals surface area contributed by atoms with E-state index in [4.69, 9.17) is 11.6 Å². The molecule has 3 aromatic rings. The zero-order valence-electron chi connectivity index (χ0n) is 15.0. The fraction of sp³-hybridized carbons (Fsp3) is 0.400. The second-order valence-corrected chi connectivity index (χ2v) is 7.79. The maximum atomic E-state index is 9.61. The van der Waals surface area contributed by atoms with Crippen LogP contribution >= 0.6 is 11.6 Å². The van der Waals surface area contributed by atoms with Gasteiger partial charge in [-0.15, -0.1) is 0 Å². The van der Waals surface area contributed by atoms with Gasteiger partial charge < -0.3 is 19.9 Å². The summed E-state index contributed by atoms with van der Waals surface area (Å²) in [7, 11) is 0. The molecule has 2 aliphatic rings. The Bertz CT molecular complexity index is 988. The van der Waals surface area contributed by atoms with E-state index in [0.29, 0.717) is 0 Å². The average molecular weight is 384 g/mol. The molecule has 6 nitrogen and oxygen atoms in total. The number of anilines is 2. The molecule has 7 heteroatoms. The Labute approximate surface area is 162 Å². The van der Waals surface area contributed by atoms with Gasteiger partial charge >= 0.3 is 0 Å². The number of rotatable bonds is 3. The van der Waals surface area contributed by atoms with E-state index < -0.39 is 0 Å². The van der Waals surface area contributed by atoms with Crippen molar-refractivity contribution < 1.29 is 5.11 Å². The van der Waals surface area contributed by atoms with Gasteiger partial charge in [-0.3, -0.25) is 0 Å². The Morgan fingerprint density at radius 2 is 2.07 bits per heavy atom. The molecule has 1 atom stereocenters. The van der Waals surface area contributed by atoms with Gasteiger partial charge in [-0.25, -0.2) is 9.97 Å². The molecule has 1 aromatic carbocycles. The van der Waals surface area contributed by atoms with Crippen LogP contribution in [0, 0.1) is 0 Å². The molecule has 5 rings (SSSR count). The van der Waals surface area contributed by atoms with Crippen LogP contribution in [0.1, 0.15) is 24.1 Å². The summed E-state index contributed by atoms with van der Waals surface area (Å²) in [4.78, 5) is 17.0. The summed E-state index contributed by atoms with van der Waals surface area (Å²) >= 11 is 6.22. The van der Waals surface area contributed by atoms with E-state index in [1.807, 2.05) is 18.2 Å². The van der Waals surface area contributed by atoms with Crippen LogP contribution in [-0.4, -0.2) is 45.8 Å². The first-order valence-electron chi connectivity index (χ1n) is 9.46. The molecule has 2 aliphatic heterocycles. The van der Waals surface area contributed by atoms with Gasteiger partial charge in [-0.2, -0.15) is 0 Å². The summed E-state index contributed by atoms with van der Waals surface area (Å²) in [6.07, 6.45) is 4.69. The molecule has 0 amide bonds. The van der Waals surface area contributed by atoms with E-state index in [0.717, 1.165) is 61.1 Å². The van der Waals surface area contributed by atoms with Crippen molar-refractivity contribution in [3.8, 4) is 0 Å². The fourth-order valence-electron chi connectivity index (χ4n) is 4.38. The van der Waals surface area contributed by atoms with Crippen molar-refractivity contribution in [2.45, 2.75) is 31.8 Å². The third kappa shape index (κ3) is 2.93. The SMILES string of the molecule is OCC1CCCN1c1cc(N2CCc3[nH]c4ccc(Cl)cc4c3C2)ncn1. The van der Waals surface area contributed by atoms with Crippen LogP contribution < -0.4 is 9.80 Å². The van der Waals surface area contributed by atoms with Crippen LogP contribution in [0.3, 0.4) is 0 Å². The molecule has 0 saturated carbocycles. The number of hydrogen-bond donors (Lipinski definition) is 2. The Morgan fingerprint density at radius 1 is 1.19 bits per heavy atom. The van der Waals surface area contributed by atoms with E-state index >= 15 is 0 Å². The number of aromatic amines is 1. The van der Waals surface area contributed by atoms with Crippen LogP contribution in [0.5, 0.6) is 0 Å². The summed E-state index contributed by atoms with van der Waals surface area (Å²) in [6, 6.07) is 8.23. The van der Waals surface area contributed by atoms with Crippen molar-refractivity contribution in [2.24, 2.45) is 0 Å². The number of halogens is 1. The molecule has 0 aliphatic carbocycles. The molecule has 140 valence electrons. The first-order valence-corrected chi connectivity index (χ1v) is 9.84. The Balaban J connectivity index is 1.46. The molecule has 0 spiro atoms. The zero-order valence-corrected chi connectivity index (χ0v) is 15.8. The summed E-state index contributed by atoms with van der Waals surface area (Å²) in [6.45, 7) is 2.82. The largest absolute Gasteiger partial charge is 0.394 e. The quantitative estimate of drug-likeness (QED) is 0.727. The molecule has 2 aromatic heterocycles. The van der Waals surface area contributed by atoms with E-state index in [-0.39, 0.29) is 12.6 Å². The summed E-state index contributed by atoms with van der Waals surface area (Å²) in [5, 5.41) is 11.6. The fourth-order valence-corrected chi connectivity index (χ4v) is 4.55. The third-order valence-electron chi connectivity index (χ3n) is 5.78. The number of benzene rings is 1. The van der Waals surface area contributed by atoms with Crippen LogP contribution in [0.15, 0.2) is 30.6 Å². The Hall–Kier alpha value is -2.31. The predicted octanol–water partition coefficient (Wildman–Crippen LogP) is 3.14. The standard InChI is InChI=1S/C20H22ClN5O/c21-13-3-4-17-15(8-13)16-10-25(7-5-18(16)24-17)19-9-20(23-12-22-19)26-6-1-2-14(26)11-27/h3-4,8-9,12,14,24,27H,1-2,5-7,10-11H2. The molecule has 4 heterocycles. The molecular formula is C20H22ClN5O. The van der Waals surface area contributed by atoms with Crippen LogP contribution in [0.25, 0.3) is 10.9 Å². The number of aliphatic hydroxyl groups is 1. The van der Waals surface area contributed by atoms with E-state index in [1.165, 1.54) is 16.6 Å². The molecule has 0 radical (unpaired) electrons. The van der Waals surface area contributed by atoms with E-state index in [2.05, 4.69) is 30.8 Å². The van der Waals surface area contributed by atoms with E-state index in [9.17, 15) is 5.11 Å². The summed E-state index contributed by atoms with van der Waals surface area (Å²) in [5.41, 5.74) is 3.73. The van der Waals surface area contributed by atoms with Gasteiger partial charge in [-0.1, -0.05) is 11.6 Å². The van der Waals surface area contributed by atoms with Gasteiger partial charge in [0.05, 0.1) is 12.6 Å². The van der Waals surface area contributed by atoms with Crippen molar-refractivity contribution in [2.75, 3.05) is 29.5 Å². The molecule has 2 N–H and O–H groups in total. The molecule has 1 saturated heterocycles. The monoisotopic (exact) mass is 383 g/mol. The topological polar surface area (TPSA) is 68.3 Å². The maximum Gasteiger partial charge on any atom is 0.134 e. The van der Waals surface area contributed by atoms with Crippen molar-refractivity contribution in [3.05, 3.63) is 46.9 Å². The average Bonchev–Trinajstić information content (AvgIpc) is 3.32. The second-order valence-electron chi connectivity index (χ2n) is 7.35. The number of nitrogens with zero attached hydrogens (tertiary/aromatic N) is 4. The minimum atomic E-state index is 0.163. The van der Waals surface area contributed by atoms with Crippen LogP contribution in [0.2, 0.25) is 5.02 Å². The van der Waals surface area contributed by atoms with Crippen LogP contribution in [0.4, 0.5) is 11.6 Å². The first kappa shape index (κ1) is 16.8. The molecule has 0 bridgehead atoms. The first-order chi connectivity index (χ1) is 13.2. The number of fused-ring (bicyclic) bond motifs is 3. The highest BCUT2D eigenvalue weighted by Gasteiger charge is 2.27. The lowest BCUT2D eigenvalue weighted by Crippen LogP contribution is -2.34. The smallest absolute Gasteiger partial charge is 0.134 e.